The molecule has 0 atom stereocenters. The number of rotatable bonds is 5. The molecular formula is C13H13ClF3NO. The molecule has 0 spiro atoms. The fourth-order valence-corrected chi connectivity index (χ4v) is 1.65. The molecular weight excluding hydrogens is 279 g/mol. The van der Waals surface area contributed by atoms with E-state index in [0.717, 1.165) is 6.07 Å². The summed E-state index contributed by atoms with van der Waals surface area (Å²) in [7, 11) is 0. The fourth-order valence-electron chi connectivity index (χ4n) is 1.47. The first-order valence-electron chi connectivity index (χ1n) is 5.57. The molecule has 0 heterocycles. The lowest BCUT2D eigenvalue weighted by Crippen LogP contribution is -2.13. The summed E-state index contributed by atoms with van der Waals surface area (Å²) in [6, 6.07) is 3.38. The van der Waals surface area contributed by atoms with Gasteiger partial charge in [-0.15, -0.1) is 0 Å². The molecule has 0 fully saturated rings. The molecule has 0 aromatic heterocycles. The first-order valence-corrected chi connectivity index (χ1v) is 5.94. The second-order valence-electron chi connectivity index (χ2n) is 3.66. The van der Waals surface area contributed by atoms with Crippen LogP contribution in [0.5, 0.6) is 0 Å². The minimum absolute atomic E-state index is 0.0634. The van der Waals surface area contributed by atoms with Crippen LogP contribution in [0.2, 0.25) is 5.02 Å². The van der Waals surface area contributed by atoms with E-state index in [9.17, 15) is 13.2 Å². The Morgan fingerprint density at radius 1 is 1.47 bits per heavy atom. The van der Waals surface area contributed by atoms with Crippen LogP contribution in [0.15, 0.2) is 36.0 Å². The predicted molar refractivity (Wildman–Crippen MR) is 69.4 cm³/mol. The van der Waals surface area contributed by atoms with Crippen molar-refractivity contribution in [2.24, 2.45) is 5.16 Å². The van der Waals surface area contributed by atoms with E-state index in [0.29, 0.717) is 6.42 Å². The van der Waals surface area contributed by atoms with Crippen LogP contribution in [0.3, 0.4) is 0 Å². The van der Waals surface area contributed by atoms with Gasteiger partial charge in [0.25, 0.3) is 0 Å². The van der Waals surface area contributed by atoms with Gasteiger partial charge in [-0.3, -0.25) is 0 Å². The molecule has 0 radical (unpaired) electrons. The summed E-state index contributed by atoms with van der Waals surface area (Å²) in [5.41, 5.74) is -0.650. The molecule has 0 bridgehead atoms. The highest BCUT2D eigenvalue weighted by Gasteiger charge is 2.34. The van der Waals surface area contributed by atoms with Crippen LogP contribution < -0.4 is 0 Å². The van der Waals surface area contributed by atoms with Crippen LogP contribution in [-0.2, 0) is 11.0 Å². The SMILES string of the molecule is C=CCO/N=C(\CC)c1cc(Cl)ccc1C(F)(F)F. The van der Waals surface area contributed by atoms with Crippen molar-refractivity contribution in [1.82, 2.24) is 0 Å². The number of halogens is 4. The molecule has 1 aromatic rings. The summed E-state index contributed by atoms with van der Waals surface area (Å²) in [4.78, 5) is 4.86. The van der Waals surface area contributed by atoms with Crippen molar-refractivity contribution in [2.45, 2.75) is 19.5 Å². The lowest BCUT2D eigenvalue weighted by atomic mass is 10.0. The average molecular weight is 292 g/mol. The van der Waals surface area contributed by atoms with Crippen molar-refractivity contribution in [3.63, 3.8) is 0 Å². The Bertz CT molecular complexity index is 483. The summed E-state index contributed by atoms with van der Waals surface area (Å²) < 4.78 is 38.7. The molecule has 0 aliphatic rings. The van der Waals surface area contributed by atoms with Crippen molar-refractivity contribution in [3.8, 4) is 0 Å². The van der Waals surface area contributed by atoms with Crippen molar-refractivity contribution in [1.29, 1.82) is 0 Å². The first-order chi connectivity index (χ1) is 8.90. The summed E-state index contributed by atoms with van der Waals surface area (Å²) in [5, 5.41) is 3.92. The van der Waals surface area contributed by atoms with Gasteiger partial charge >= 0.3 is 6.18 Å². The highest BCUT2D eigenvalue weighted by molar-refractivity contribution is 6.31. The zero-order valence-electron chi connectivity index (χ0n) is 10.3. The number of hydrogen-bond acceptors (Lipinski definition) is 2. The van der Waals surface area contributed by atoms with E-state index in [1.54, 1.807) is 6.92 Å². The van der Waals surface area contributed by atoms with E-state index in [-0.39, 0.29) is 22.9 Å². The van der Waals surface area contributed by atoms with E-state index < -0.39 is 11.7 Å². The maximum absolute atomic E-state index is 12.9. The molecule has 0 unspecified atom stereocenters. The molecule has 104 valence electrons. The molecule has 2 nitrogen and oxygen atoms in total. The normalized spacial score (nSPS) is 12.4. The fraction of sp³-hybridized carbons (Fsp3) is 0.308. The topological polar surface area (TPSA) is 21.6 Å². The third-order valence-electron chi connectivity index (χ3n) is 2.30. The van der Waals surface area contributed by atoms with E-state index in [2.05, 4.69) is 11.7 Å². The van der Waals surface area contributed by atoms with E-state index >= 15 is 0 Å². The largest absolute Gasteiger partial charge is 0.417 e. The first kappa shape index (κ1) is 15.6. The van der Waals surface area contributed by atoms with Gasteiger partial charge < -0.3 is 4.84 Å². The van der Waals surface area contributed by atoms with E-state index in [1.165, 1.54) is 18.2 Å². The average Bonchev–Trinajstić information content (AvgIpc) is 2.33. The zero-order chi connectivity index (χ0) is 14.5. The number of hydrogen-bond donors (Lipinski definition) is 0. The zero-order valence-corrected chi connectivity index (χ0v) is 11.1. The second-order valence-corrected chi connectivity index (χ2v) is 4.10. The molecule has 0 saturated carbocycles. The molecule has 0 saturated heterocycles. The van der Waals surface area contributed by atoms with Crippen LogP contribution in [0.4, 0.5) is 13.2 Å². The van der Waals surface area contributed by atoms with Crippen LogP contribution in [-0.4, -0.2) is 12.3 Å². The van der Waals surface area contributed by atoms with Gasteiger partial charge in [0.2, 0.25) is 0 Å². The van der Waals surface area contributed by atoms with Crippen molar-refractivity contribution < 1.29 is 18.0 Å². The van der Waals surface area contributed by atoms with Crippen molar-refractivity contribution >= 4 is 17.3 Å². The second kappa shape index (κ2) is 6.61. The summed E-state index contributed by atoms with van der Waals surface area (Å²) in [6.07, 6.45) is -2.71. The molecule has 1 rings (SSSR count). The molecule has 0 aliphatic carbocycles. The summed E-state index contributed by atoms with van der Waals surface area (Å²) in [5.74, 6) is 0. The Kier molecular flexibility index (Phi) is 5.42. The minimum Gasteiger partial charge on any atom is -0.391 e. The summed E-state index contributed by atoms with van der Waals surface area (Å²) >= 11 is 5.75. The van der Waals surface area contributed by atoms with Gasteiger partial charge in [-0.25, -0.2) is 0 Å². The Morgan fingerprint density at radius 2 is 2.16 bits per heavy atom. The van der Waals surface area contributed by atoms with Crippen molar-refractivity contribution in [3.05, 3.63) is 47.0 Å². The van der Waals surface area contributed by atoms with E-state index in [4.69, 9.17) is 16.4 Å². The lowest BCUT2D eigenvalue weighted by Gasteiger charge is -2.13. The molecule has 0 aliphatic heterocycles. The smallest absolute Gasteiger partial charge is 0.391 e. The predicted octanol–water partition coefficient (Wildman–Crippen LogP) is 4.68. The minimum atomic E-state index is -4.46. The van der Waals surface area contributed by atoms with E-state index in [1.807, 2.05) is 0 Å². The Labute approximate surface area is 114 Å². The third kappa shape index (κ3) is 4.28. The van der Waals surface area contributed by atoms with Gasteiger partial charge in [0.1, 0.15) is 6.61 Å². The Balaban J connectivity index is 3.25. The van der Waals surface area contributed by atoms with Crippen LogP contribution in [0.25, 0.3) is 0 Å². The van der Waals surface area contributed by atoms with Crippen LogP contribution in [0, 0.1) is 0 Å². The molecule has 0 N–H and O–H groups in total. The monoisotopic (exact) mass is 291 g/mol. The third-order valence-corrected chi connectivity index (χ3v) is 2.54. The standard InChI is InChI=1S/C13H13ClF3NO/c1-3-7-19-18-12(4-2)10-8-9(14)5-6-11(10)13(15,16)17/h3,5-6,8H,1,4,7H2,2H3/b18-12+. The van der Waals surface area contributed by atoms with Gasteiger partial charge in [-0.05, 0) is 24.6 Å². The highest BCUT2D eigenvalue weighted by atomic mass is 35.5. The van der Waals surface area contributed by atoms with Gasteiger partial charge in [0.15, 0.2) is 0 Å². The number of nitrogens with zero attached hydrogens (tertiary/aromatic N) is 1. The maximum atomic E-state index is 12.9. The Hall–Kier alpha value is -1.49. The Morgan fingerprint density at radius 3 is 2.68 bits per heavy atom. The number of alkyl halides is 3. The number of benzene rings is 1. The maximum Gasteiger partial charge on any atom is 0.417 e. The van der Waals surface area contributed by atoms with Crippen molar-refractivity contribution in [2.75, 3.05) is 6.61 Å². The molecule has 19 heavy (non-hydrogen) atoms. The number of oxime groups is 1. The highest BCUT2D eigenvalue weighted by Crippen LogP contribution is 2.34. The van der Waals surface area contributed by atoms with Gasteiger partial charge in [-0.2, -0.15) is 13.2 Å². The molecule has 6 heteroatoms. The lowest BCUT2D eigenvalue weighted by molar-refractivity contribution is -0.137. The van der Waals surface area contributed by atoms with Gasteiger partial charge in [-0.1, -0.05) is 36.3 Å². The molecule has 1 aromatic carbocycles. The summed E-state index contributed by atoms with van der Waals surface area (Å²) in [6.45, 7) is 5.25. The van der Waals surface area contributed by atoms with Crippen LogP contribution in [0.1, 0.15) is 24.5 Å². The molecule has 0 amide bonds. The van der Waals surface area contributed by atoms with Gasteiger partial charge in [0.05, 0.1) is 11.3 Å². The van der Waals surface area contributed by atoms with Gasteiger partial charge in [0, 0.05) is 10.6 Å². The van der Waals surface area contributed by atoms with Crippen LogP contribution >= 0.6 is 11.6 Å². The quantitative estimate of drug-likeness (QED) is 0.334.